The third-order valence-corrected chi connectivity index (χ3v) is 2.42. The molecule has 1 atom stereocenters. The fourth-order valence-corrected chi connectivity index (χ4v) is 1.52. The minimum Gasteiger partial charge on any atom is -0.465 e. The van der Waals surface area contributed by atoms with Gasteiger partial charge in [-0.25, -0.2) is 0 Å². The zero-order chi connectivity index (χ0) is 12.7. The van der Waals surface area contributed by atoms with Crippen LogP contribution in [0.4, 0.5) is 4.79 Å². The maximum atomic E-state index is 10.8. The number of nitrogens with one attached hydrogen (secondary N) is 1. The second-order valence-corrected chi connectivity index (χ2v) is 4.00. The van der Waals surface area contributed by atoms with E-state index in [1.54, 1.807) is 0 Å². The van der Waals surface area contributed by atoms with Crippen LogP contribution < -0.4 is 5.32 Å². The molecule has 0 saturated heterocycles. The standard InChI is InChI=1S/C12H15NO3S/c1-9(14)16-8-11(7-13-12(15)17)10-5-3-2-4-6-10/h2-6,11H,7-8H2,1H3,(H2,13,15,17). The molecule has 0 saturated carbocycles. The molecule has 0 aliphatic rings. The molecule has 1 aromatic carbocycles. The minimum atomic E-state index is -0.395. The lowest BCUT2D eigenvalue weighted by Gasteiger charge is -2.17. The predicted octanol–water partition coefficient (Wildman–Crippen LogP) is 1.97. The number of carbonyl (C=O) groups excluding carboxylic acids is 2. The van der Waals surface area contributed by atoms with E-state index in [2.05, 4.69) is 17.9 Å². The first-order valence-electron chi connectivity index (χ1n) is 5.24. The van der Waals surface area contributed by atoms with Gasteiger partial charge in [-0.1, -0.05) is 43.0 Å². The number of thiol groups is 1. The van der Waals surface area contributed by atoms with E-state index in [1.807, 2.05) is 30.3 Å². The number of benzene rings is 1. The molecule has 0 aliphatic carbocycles. The number of carbonyl (C=O) groups is 2. The molecule has 0 fully saturated rings. The number of rotatable bonds is 5. The Labute approximate surface area is 106 Å². The summed E-state index contributed by atoms with van der Waals surface area (Å²) in [7, 11) is 0. The maximum Gasteiger partial charge on any atom is 0.302 e. The average molecular weight is 253 g/mol. The lowest BCUT2D eigenvalue weighted by atomic mass is 10.0. The van der Waals surface area contributed by atoms with E-state index in [-0.39, 0.29) is 18.5 Å². The van der Waals surface area contributed by atoms with Crippen molar-refractivity contribution in [2.24, 2.45) is 0 Å². The van der Waals surface area contributed by atoms with Crippen molar-refractivity contribution in [3.05, 3.63) is 35.9 Å². The molecule has 0 aliphatic heterocycles. The Hall–Kier alpha value is -1.49. The number of esters is 1. The monoisotopic (exact) mass is 253 g/mol. The van der Waals surface area contributed by atoms with Gasteiger partial charge in [-0.3, -0.25) is 9.59 Å². The molecule has 0 spiro atoms. The van der Waals surface area contributed by atoms with Crippen molar-refractivity contribution < 1.29 is 14.3 Å². The van der Waals surface area contributed by atoms with E-state index >= 15 is 0 Å². The largest absolute Gasteiger partial charge is 0.465 e. The van der Waals surface area contributed by atoms with Gasteiger partial charge in [0.1, 0.15) is 0 Å². The number of ether oxygens (including phenoxy) is 1. The van der Waals surface area contributed by atoms with Crippen LogP contribution in [0.3, 0.4) is 0 Å². The molecule has 1 amide bonds. The van der Waals surface area contributed by atoms with Gasteiger partial charge in [0.15, 0.2) is 0 Å². The Morgan fingerprint density at radius 2 is 2.00 bits per heavy atom. The zero-order valence-electron chi connectivity index (χ0n) is 9.55. The number of hydrogen-bond donors (Lipinski definition) is 2. The van der Waals surface area contributed by atoms with Gasteiger partial charge >= 0.3 is 5.97 Å². The maximum absolute atomic E-state index is 10.8. The van der Waals surface area contributed by atoms with Gasteiger partial charge in [0, 0.05) is 19.4 Å². The van der Waals surface area contributed by atoms with Crippen molar-refractivity contribution in [2.45, 2.75) is 12.8 Å². The molecule has 0 heterocycles. The second-order valence-electron chi connectivity index (χ2n) is 3.60. The molecular weight excluding hydrogens is 238 g/mol. The van der Waals surface area contributed by atoms with Crippen molar-refractivity contribution in [3.8, 4) is 0 Å². The van der Waals surface area contributed by atoms with Crippen molar-refractivity contribution in [3.63, 3.8) is 0 Å². The van der Waals surface area contributed by atoms with Gasteiger partial charge in [0.25, 0.3) is 5.24 Å². The molecule has 1 rings (SSSR count). The molecule has 0 bridgehead atoms. The highest BCUT2D eigenvalue weighted by atomic mass is 32.1. The van der Waals surface area contributed by atoms with Crippen LogP contribution in [0.5, 0.6) is 0 Å². The normalized spacial score (nSPS) is 11.6. The molecule has 0 radical (unpaired) electrons. The molecule has 1 N–H and O–H groups in total. The lowest BCUT2D eigenvalue weighted by Crippen LogP contribution is -2.27. The van der Waals surface area contributed by atoms with Crippen LogP contribution in [0.2, 0.25) is 0 Å². The van der Waals surface area contributed by atoms with Crippen LogP contribution in [0.1, 0.15) is 18.4 Å². The summed E-state index contributed by atoms with van der Waals surface area (Å²) >= 11 is 3.64. The molecule has 1 aromatic rings. The van der Waals surface area contributed by atoms with Crippen molar-refractivity contribution in [1.82, 2.24) is 5.32 Å². The quantitative estimate of drug-likeness (QED) is 0.623. The average Bonchev–Trinajstić information content (AvgIpc) is 2.29. The smallest absolute Gasteiger partial charge is 0.302 e. The van der Waals surface area contributed by atoms with Gasteiger partial charge < -0.3 is 10.1 Å². The number of amides is 1. The summed E-state index contributed by atoms with van der Waals surface area (Å²) < 4.78 is 4.98. The van der Waals surface area contributed by atoms with E-state index in [1.165, 1.54) is 6.92 Å². The van der Waals surface area contributed by atoms with E-state index in [0.29, 0.717) is 6.54 Å². The van der Waals surface area contributed by atoms with Gasteiger partial charge in [0.05, 0.1) is 6.61 Å². The molecule has 92 valence electrons. The molecule has 1 unspecified atom stereocenters. The molecular formula is C12H15NO3S. The minimum absolute atomic E-state index is 0.0591. The Balaban J connectivity index is 2.64. The van der Waals surface area contributed by atoms with E-state index in [9.17, 15) is 9.59 Å². The van der Waals surface area contributed by atoms with Gasteiger partial charge in [-0.15, -0.1) is 0 Å². The summed E-state index contributed by atoms with van der Waals surface area (Å²) in [5.41, 5.74) is 1.01. The van der Waals surface area contributed by atoms with Crippen LogP contribution in [0, 0.1) is 0 Å². The van der Waals surface area contributed by atoms with E-state index in [0.717, 1.165) is 5.56 Å². The van der Waals surface area contributed by atoms with E-state index < -0.39 is 5.24 Å². The van der Waals surface area contributed by atoms with Crippen molar-refractivity contribution >= 4 is 23.8 Å². The Morgan fingerprint density at radius 3 is 2.53 bits per heavy atom. The lowest BCUT2D eigenvalue weighted by molar-refractivity contribution is -0.141. The third-order valence-electron chi connectivity index (χ3n) is 2.26. The van der Waals surface area contributed by atoms with Crippen LogP contribution in [0.25, 0.3) is 0 Å². The summed E-state index contributed by atoms with van der Waals surface area (Å²) in [6.07, 6.45) is 0. The highest BCUT2D eigenvalue weighted by Gasteiger charge is 2.13. The van der Waals surface area contributed by atoms with Crippen molar-refractivity contribution in [1.29, 1.82) is 0 Å². The fraction of sp³-hybridized carbons (Fsp3) is 0.333. The highest BCUT2D eigenvalue weighted by Crippen LogP contribution is 2.15. The van der Waals surface area contributed by atoms with Crippen LogP contribution >= 0.6 is 12.6 Å². The molecule has 4 nitrogen and oxygen atoms in total. The Morgan fingerprint density at radius 1 is 1.35 bits per heavy atom. The van der Waals surface area contributed by atoms with Crippen LogP contribution in [-0.4, -0.2) is 24.4 Å². The first kappa shape index (κ1) is 13.6. The third kappa shape index (κ3) is 5.40. The topological polar surface area (TPSA) is 55.4 Å². The summed E-state index contributed by atoms with van der Waals surface area (Å²) in [4.78, 5) is 21.6. The first-order chi connectivity index (χ1) is 8.09. The zero-order valence-corrected chi connectivity index (χ0v) is 10.4. The van der Waals surface area contributed by atoms with Gasteiger partial charge in [-0.05, 0) is 5.56 Å². The van der Waals surface area contributed by atoms with Gasteiger partial charge in [-0.2, -0.15) is 0 Å². The predicted molar refractivity (Wildman–Crippen MR) is 68.2 cm³/mol. The molecule has 17 heavy (non-hydrogen) atoms. The molecule has 0 aromatic heterocycles. The summed E-state index contributed by atoms with van der Waals surface area (Å²) in [5.74, 6) is -0.390. The Kier molecular flexibility index (Phi) is 5.56. The van der Waals surface area contributed by atoms with E-state index in [4.69, 9.17) is 4.74 Å². The SMILES string of the molecule is CC(=O)OCC(CNC(=O)S)c1ccccc1. The van der Waals surface area contributed by atoms with Crippen molar-refractivity contribution in [2.75, 3.05) is 13.2 Å². The summed E-state index contributed by atoms with van der Waals surface area (Å²) in [6, 6.07) is 9.57. The summed E-state index contributed by atoms with van der Waals surface area (Å²) in [6.45, 7) is 1.99. The highest BCUT2D eigenvalue weighted by molar-refractivity contribution is 7.96. The fourth-order valence-electron chi connectivity index (χ4n) is 1.43. The summed E-state index contributed by atoms with van der Waals surface area (Å²) in [5, 5.41) is 2.21. The molecule has 5 heteroatoms. The Bertz CT molecular complexity index is 363. The van der Waals surface area contributed by atoms with Crippen LogP contribution in [-0.2, 0) is 9.53 Å². The first-order valence-corrected chi connectivity index (χ1v) is 5.69. The number of hydrogen-bond acceptors (Lipinski definition) is 3. The second kappa shape index (κ2) is 6.96. The van der Waals surface area contributed by atoms with Crippen LogP contribution in [0.15, 0.2) is 30.3 Å². The van der Waals surface area contributed by atoms with Gasteiger partial charge in [0.2, 0.25) is 0 Å².